The first-order valence-electron chi connectivity index (χ1n) is 8.64. The Bertz CT molecular complexity index is 1210. The Hall–Kier alpha value is -3.13. The largest absolute Gasteiger partial charge is 0.294 e. The first-order valence-corrected chi connectivity index (χ1v) is 9.75. The van der Waals surface area contributed by atoms with Gasteiger partial charge in [-0.3, -0.25) is 9.35 Å². The Labute approximate surface area is 163 Å². The summed E-state index contributed by atoms with van der Waals surface area (Å²) < 4.78 is 23.5. The van der Waals surface area contributed by atoms with Crippen LogP contribution in [0.1, 0.15) is 5.56 Å². The van der Waals surface area contributed by atoms with E-state index in [2.05, 4.69) is 9.82 Å². The minimum atomic E-state index is -2.05. The van der Waals surface area contributed by atoms with Crippen LogP contribution >= 0.6 is 0 Å². The maximum absolute atomic E-state index is 13.0. The highest BCUT2D eigenvalue weighted by molar-refractivity contribution is 7.77. The van der Waals surface area contributed by atoms with Gasteiger partial charge < -0.3 is 0 Å². The molecule has 1 atom stereocenters. The van der Waals surface area contributed by atoms with Crippen LogP contribution in [0.25, 0.3) is 27.7 Å². The van der Waals surface area contributed by atoms with Crippen molar-refractivity contribution in [2.24, 2.45) is 0 Å². The van der Waals surface area contributed by atoms with Gasteiger partial charge in [0, 0.05) is 17.5 Å². The summed E-state index contributed by atoms with van der Waals surface area (Å²) in [5, 5.41) is 6.02. The Kier molecular flexibility index (Phi) is 5.12. The monoisotopic (exact) mass is 391 g/mol. The average Bonchev–Trinajstić information content (AvgIpc) is 2.74. The van der Waals surface area contributed by atoms with Gasteiger partial charge in [0.15, 0.2) is 0 Å². The van der Waals surface area contributed by atoms with Crippen molar-refractivity contribution in [2.45, 2.75) is 6.54 Å². The average molecular weight is 391 g/mol. The number of aromatic nitrogens is 2. The molecule has 6 nitrogen and oxygen atoms in total. The maximum atomic E-state index is 13.0. The van der Waals surface area contributed by atoms with Gasteiger partial charge in [-0.25, -0.2) is 8.93 Å². The van der Waals surface area contributed by atoms with E-state index in [1.54, 1.807) is 6.07 Å². The van der Waals surface area contributed by atoms with Crippen molar-refractivity contribution in [3.05, 3.63) is 94.8 Å². The fourth-order valence-corrected chi connectivity index (χ4v) is 3.36. The molecule has 0 aliphatic carbocycles. The second kappa shape index (κ2) is 7.85. The molecule has 0 spiro atoms. The summed E-state index contributed by atoms with van der Waals surface area (Å²) in [6, 6.07) is 24.2. The maximum Gasteiger partial charge on any atom is 0.279 e. The van der Waals surface area contributed by atoms with Crippen LogP contribution < -0.4 is 10.3 Å². The second-order valence-electron chi connectivity index (χ2n) is 6.21. The van der Waals surface area contributed by atoms with E-state index >= 15 is 0 Å². The van der Waals surface area contributed by atoms with E-state index < -0.39 is 11.3 Å². The summed E-state index contributed by atoms with van der Waals surface area (Å²) in [6.45, 7) is 0.279. The summed E-state index contributed by atoms with van der Waals surface area (Å²) in [5.74, 6) is 0. The molecule has 1 aromatic heterocycles. The minimum absolute atomic E-state index is 0.170. The van der Waals surface area contributed by atoms with E-state index in [4.69, 9.17) is 4.55 Å². The third-order valence-electron chi connectivity index (χ3n) is 4.43. The predicted molar refractivity (Wildman–Crippen MR) is 110 cm³/mol. The van der Waals surface area contributed by atoms with Gasteiger partial charge in [-0.05, 0) is 23.8 Å². The number of nitrogens with one attached hydrogen (secondary N) is 1. The van der Waals surface area contributed by atoms with Crippen LogP contribution in [0.4, 0.5) is 0 Å². The molecule has 1 heterocycles. The SMILES string of the molecule is O=c1c2ccccc2c(-c2ccc(CNS(=O)O)cc2)nn1-c1ccccc1. The van der Waals surface area contributed by atoms with Crippen LogP contribution in [0.3, 0.4) is 0 Å². The smallest absolute Gasteiger partial charge is 0.279 e. The zero-order valence-corrected chi connectivity index (χ0v) is 15.6. The molecule has 0 aliphatic rings. The molecule has 0 aliphatic heterocycles. The molecule has 1 unspecified atom stereocenters. The Morgan fingerprint density at radius 1 is 0.893 bits per heavy atom. The van der Waals surface area contributed by atoms with Gasteiger partial charge in [0.1, 0.15) is 0 Å². The number of benzene rings is 3. The molecular formula is C21H17N3O3S. The van der Waals surface area contributed by atoms with E-state index in [0.717, 1.165) is 16.5 Å². The first kappa shape index (κ1) is 18.2. The standard InChI is InChI=1S/C21H17N3O3S/c25-21-19-9-5-4-8-18(19)20(23-24(21)17-6-2-1-3-7-17)16-12-10-15(11-13-16)14-22-28(26)27/h1-13,22H,14H2,(H,26,27). The molecule has 0 saturated carbocycles. The van der Waals surface area contributed by atoms with Crippen molar-refractivity contribution < 1.29 is 8.76 Å². The normalized spacial score (nSPS) is 12.2. The number of fused-ring (bicyclic) bond motifs is 1. The predicted octanol–water partition coefficient (Wildman–Crippen LogP) is 3.28. The van der Waals surface area contributed by atoms with Crippen molar-refractivity contribution in [1.82, 2.24) is 14.5 Å². The molecule has 3 aromatic carbocycles. The van der Waals surface area contributed by atoms with Crippen molar-refractivity contribution >= 4 is 22.0 Å². The molecule has 7 heteroatoms. The van der Waals surface area contributed by atoms with Crippen LogP contribution in [0.2, 0.25) is 0 Å². The molecule has 140 valence electrons. The molecule has 2 N–H and O–H groups in total. The summed E-state index contributed by atoms with van der Waals surface area (Å²) in [7, 11) is 0. The Morgan fingerprint density at radius 2 is 1.54 bits per heavy atom. The summed E-state index contributed by atoms with van der Waals surface area (Å²) in [5.41, 5.74) is 2.95. The van der Waals surface area contributed by atoms with Crippen molar-refractivity contribution in [2.75, 3.05) is 0 Å². The third kappa shape index (κ3) is 3.63. The molecule has 4 aromatic rings. The summed E-state index contributed by atoms with van der Waals surface area (Å²) in [4.78, 5) is 13.0. The quantitative estimate of drug-likeness (QED) is 0.512. The topological polar surface area (TPSA) is 84.2 Å². The molecule has 0 bridgehead atoms. The van der Waals surface area contributed by atoms with E-state index in [-0.39, 0.29) is 12.1 Å². The molecular weight excluding hydrogens is 374 g/mol. The third-order valence-corrected chi connectivity index (χ3v) is 4.82. The van der Waals surface area contributed by atoms with Crippen LogP contribution in [-0.2, 0) is 17.8 Å². The number of rotatable bonds is 5. The second-order valence-corrected chi connectivity index (χ2v) is 7.00. The first-order chi connectivity index (χ1) is 13.6. The molecule has 4 rings (SSSR count). The van der Waals surface area contributed by atoms with Crippen LogP contribution in [0.5, 0.6) is 0 Å². The molecule has 28 heavy (non-hydrogen) atoms. The van der Waals surface area contributed by atoms with Gasteiger partial charge in [0.05, 0.1) is 16.8 Å². The van der Waals surface area contributed by atoms with Gasteiger partial charge in [0.25, 0.3) is 5.56 Å². The molecule has 0 radical (unpaired) electrons. The van der Waals surface area contributed by atoms with Gasteiger partial charge >= 0.3 is 0 Å². The van der Waals surface area contributed by atoms with E-state index in [9.17, 15) is 9.00 Å². The van der Waals surface area contributed by atoms with Crippen LogP contribution in [0, 0.1) is 0 Å². The number of nitrogens with zero attached hydrogens (tertiary/aromatic N) is 2. The number of hydrogen-bond donors (Lipinski definition) is 2. The van der Waals surface area contributed by atoms with E-state index in [0.29, 0.717) is 16.8 Å². The van der Waals surface area contributed by atoms with E-state index in [1.807, 2.05) is 72.8 Å². The lowest BCUT2D eigenvalue weighted by atomic mass is 10.0. The van der Waals surface area contributed by atoms with Crippen LogP contribution in [0.15, 0.2) is 83.7 Å². The van der Waals surface area contributed by atoms with Crippen molar-refractivity contribution in [3.63, 3.8) is 0 Å². The highest BCUT2D eigenvalue weighted by Crippen LogP contribution is 2.25. The molecule has 0 amide bonds. The number of hydrogen-bond acceptors (Lipinski definition) is 3. The minimum Gasteiger partial charge on any atom is -0.294 e. The lowest BCUT2D eigenvalue weighted by Gasteiger charge is -2.12. The highest BCUT2D eigenvalue weighted by Gasteiger charge is 2.13. The zero-order valence-electron chi connectivity index (χ0n) is 14.8. The van der Waals surface area contributed by atoms with Crippen molar-refractivity contribution in [3.8, 4) is 16.9 Å². The zero-order chi connectivity index (χ0) is 19.5. The van der Waals surface area contributed by atoms with Gasteiger partial charge in [-0.2, -0.15) is 9.78 Å². The lowest BCUT2D eigenvalue weighted by molar-refractivity contribution is 0.548. The summed E-state index contributed by atoms with van der Waals surface area (Å²) >= 11 is -2.05. The van der Waals surface area contributed by atoms with Gasteiger partial charge in [-0.15, -0.1) is 0 Å². The number of para-hydroxylation sites is 1. The lowest BCUT2D eigenvalue weighted by Crippen LogP contribution is -2.22. The van der Waals surface area contributed by atoms with E-state index in [1.165, 1.54) is 4.68 Å². The fourth-order valence-electron chi connectivity index (χ4n) is 3.07. The molecule has 0 saturated heterocycles. The highest BCUT2D eigenvalue weighted by atomic mass is 32.2. The van der Waals surface area contributed by atoms with Crippen molar-refractivity contribution in [1.29, 1.82) is 0 Å². The fraction of sp³-hybridized carbons (Fsp3) is 0.0476. The van der Waals surface area contributed by atoms with Gasteiger partial charge in [-0.1, -0.05) is 60.7 Å². The Balaban J connectivity index is 1.86. The van der Waals surface area contributed by atoms with Gasteiger partial charge in [0.2, 0.25) is 11.3 Å². The van der Waals surface area contributed by atoms with Crippen LogP contribution in [-0.4, -0.2) is 18.5 Å². The Morgan fingerprint density at radius 3 is 2.21 bits per heavy atom. The molecule has 0 fully saturated rings. The summed E-state index contributed by atoms with van der Waals surface area (Å²) in [6.07, 6.45) is 0.